The Hall–Kier alpha value is -3.15. The Morgan fingerprint density at radius 3 is 2.31 bits per heavy atom. The van der Waals surface area contributed by atoms with Crippen molar-refractivity contribution < 1.29 is 14.6 Å². The van der Waals surface area contributed by atoms with Gasteiger partial charge in [-0.15, -0.1) is 0 Å². The van der Waals surface area contributed by atoms with E-state index in [1.807, 2.05) is 18.2 Å². The second kappa shape index (κ2) is 10.2. The summed E-state index contributed by atoms with van der Waals surface area (Å²) in [6.07, 6.45) is 0.895. The number of carbonyl (C=O) groups is 1. The maximum Gasteiger partial charge on any atom is 0.308 e. The number of piperidine rings is 3. The van der Waals surface area contributed by atoms with E-state index in [-0.39, 0.29) is 23.9 Å². The van der Waals surface area contributed by atoms with Crippen LogP contribution in [-0.4, -0.2) is 48.3 Å². The summed E-state index contributed by atoms with van der Waals surface area (Å²) in [7, 11) is 1.70. The Morgan fingerprint density at radius 2 is 1.71 bits per heavy atom. The number of nitrogens with zero attached hydrogens (tertiary/aromatic N) is 1. The highest BCUT2D eigenvalue weighted by molar-refractivity contribution is 5.72. The van der Waals surface area contributed by atoms with Crippen molar-refractivity contribution in [3.05, 3.63) is 101 Å². The van der Waals surface area contributed by atoms with E-state index >= 15 is 0 Å². The fraction of sp³-hybridized carbons (Fsp3) is 0.367. The molecule has 5 nitrogen and oxygen atoms in total. The molecule has 182 valence electrons. The number of aliphatic carboxylic acids is 1. The van der Waals surface area contributed by atoms with E-state index in [0.717, 1.165) is 30.8 Å². The van der Waals surface area contributed by atoms with Crippen LogP contribution in [0.4, 0.5) is 0 Å². The van der Waals surface area contributed by atoms with Crippen molar-refractivity contribution in [1.82, 2.24) is 10.2 Å². The number of hydrogen-bond acceptors (Lipinski definition) is 4. The SMILES string of the molecule is COc1ccc(C)cc1CN[C@@H]1CN2CC[C@H]1[C@@H](C(=O)O)C2C(c1ccccc1)c1ccccc1. The second-order valence-electron chi connectivity index (χ2n) is 9.90. The molecule has 0 amide bonds. The Kier molecular flexibility index (Phi) is 6.89. The lowest BCUT2D eigenvalue weighted by atomic mass is 9.65. The Labute approximate surface area is 207 Å². The molecule has 0 spiro atoms. The van der Waals surface area contributed by atoms with Crippen molar-refractivity contribution in [2.24, 2.45) is 11.8 Å². The highest BCUT2D eigenvalue weighted by Crippen LogP contribution is 2.45. The van der Waals surface area contributed by atoms with Crippen molar-refractivity contribution in [2.75, 3.05) is 20.2 Å². The van der Waals surface area contributed by atoms with E-state index < -0.39 is 11.9 Å². The molecule has 3 saturated heterocycles. The summed E-state index contributed by atoms with van der Waals surface area (Å²) in [5.41, 5.74) is 4.65. The molecule has 2 unspecified atom stereocenters. The first-order chi connectivity index (χ1) is 17.1. The van der Waals surface area contributed by atoms with Crippen molar-refractivity contribution in [3.8, 4) is 5.75 Å². The van der Waals surface area contributed by atoms with Crippen LogP contribution in [0.15, 0.2) is 78.9 Å². The fourth-order valence-electron chi connectivity index (χ4n) is 6.33. The molecule has 3 fully saturated rings. The highest BCUT2D eigenvalue weighted by Gasteiger charge is 2.53. The summed E-state index contributed by atoms with van der Waals surface area (Å²) in [6, 6.07) is 27.0. The summed E-state index contributed by atoms with van der Waals surface area (Å²) in [5, 5.41) is 14.2. The smallest absolute Gasteiger partial charge is 0.308 e. The van der Waals surface area contributed by atoms with Gasteiger partial charge in [-0.05, 0) is 43.0 Å². The normalized spacial score (nSPS) is 25.5. The molecule has 2 N–H and O–H groups in total. The molecule has 0 aromatic heterocycles. The predicted octanol–water partition coefficient (Wildman–Crippen LogP) is 4.70. The van der Waals surface area contributed by atoms with Gasteiger partial charge < -0.3 is 15.2 Å². The lowest BCUT2D eigenvalue weighted by Crippen LogP contribution is -2.67. The van der Waals surface area contributed by atoms with Gasteiger partial charge in [-0.2, -0.15) is 0 Å². The largest absolute Gasteiger partial charge is 0.496 e. The van der Waals surface area contributed by atoms with Crippen LogP contribution in [0.2, 0.25) is 0 Å². The molecule has 6 rings (SSSR count). The van der Waals surface area contributed by atoms with Crippen molar-refractivity contribution in [1.29, 1.82) is 0 Å². The topological polar surface area (TPSA) is 61.8 Å². The number of benzene rings is 3. The van der Waals surface area contributed by atoms with Crippen LogP contribution in [0.1, 0.15) is 34.6 Å². The molecule has 3 aliphatic rings. The van der Waals surface area contributed by atoms with Crippen LogP contribution >= 0.6 is 0 Å². The molecule has 3 aliphatic heterocycles. The van der Waals surface area contributed by atoms with Crippen LogP contribution in [0.5, 0.6) is 5.75 Å². The Balaban J connectivity index is 1.45. The number of hydrogen-bond donors (Lipinski definition) is 2. The highest BCUT2D eigenvalue weighted by atomic mass is 16.5. The minimum absolute atomic E-state index is 0.0131. The first-order valence-electron chi connectivity index (χ1n) is 12.5. The third kappa shape index (κ3) is 4.71. The number of nitrogens with one attached hydrogen (secondary N) is 1. The molecule has 35 heavy (non-hydrogen) atoms. The van der Waals surface area contributed by atoms with E-state index in [4.69, 9.17) is 4.74 Å². The van der Waals surface area contributed by atoms with Gasteiger partial charge in [-0.1, -0.05) is 78.4 Å². The van der Waals surface area contributed by atoms with Crippen molar-refractivity contribution in [2.45, 2.75) is 37.9 Å². The second-order valence-corrected chi connectivity index (χ2v) is 9.90. The van der Waals surface area contributed by atoms with E-state index in [0.29, 0.717) is 6.54 Å². The third-order valence-corrected chi connectivity index (χ3v) is 7.88. The molecule has 5 atom stereocenters. The van der Waals surface area contributed by atoms with Gasteiger partial charge in [0.2, 0.25) is 0 Å². The average Bonchev–Trinajstić information content (AvgIpc) is 2.89. The predicted molar refractivity (Wildman–Crippen MR) is 138 cm³/mol. The molecule has 3 aromatic carbocycles. The Morgan fingerprint density at radius 1 is 1.06 bits per heavy atom. The van der Waals surface area contributed by atoms with Gasteiger partial charge in [0.05, 0.1) is 13.0 Å². The zero-order valence-electron chi connectivity index (χ0n) is 20.4. The molecule has 0 radical (unpaired) electrons. The minimum atomic E-state index is -0.693. The van der Waals surface area contributed by atoms with Gasteiger partial charge in [0.15, 0.2) is 0 Å². The van der Waals surface area contributed by atoms with Crippen LogP contribution < -0.4 is 10.1 Å². The quantitative estimate of drug-likeness (QED) is 0.500. The van der Waals surface area contributed by atoms with Gasteiger partial charge in [-0.3, -0.25) is 9.69 Å². The van der Waals surface area contributed by atoms with E-state index in [1.54, 1.807) is 7.11 Å². The Bertz CT molecular complexity index is 1110. The molecule has 5 heteroatoms. The lowest BCUT2D eigenvalue weighted by Gasteiger charge is -2.55. The van der Waals surface area contributed by atoms with E-state index in [9.17, 15) is 9.90 Å². The van der Waals surface area contributed by atoms with Gasteiger partial charge in [-0.25, -0.2) is 0 Å². The maximum absolute atomic E-state index is 12.8. The van der Waals surface area contributed by atoms with Crippen LogP contribution in [-0.2, 0) is 11.3 Å². The number of carboxylic acids is 1. The molecular weight excluding hydrogens is 436 g/mol. The average molecular weight is 471 g/mol. The number of ether oxygens (including phenoxy) is 1. The number of rotatable bonds is 8. The summed E-state index contributed by atoms with van der Waals surface area (Å²) in [4.78, 5) is 15.2. The standard InChI is InChI=1S/C30H34N2O3/c1-20-13-14-26(35-2)23(17-20)18-31-25-19-32-16-15-24(25)28(30(33)34)29(32)27(21-9-5-3-6-10-21)22-11-7-4-8-12-22/h3-14,17,24-25,27-29,31H,15-16,18-19H2,1-2H3,(H,33,34)/t24-,25-,28-,29?/m1/s1. The minimum Gasteiger partial charge on any atom is -0.496 e. The number of methoxy groups -OCH3 is 1. The van der Waals surface area contributed by atoms with Crippen molar-refractivity contribution in [3.63, 3.8) is 0 Å². The molecule has 3 aromatic rings. The number of aryl methyl sites for hydroxylation is 1. The van der Waals surface area contributed by atoms with Crippen molar-refractivity contribution >= 4 is 5.97 Å². The summed E-state index contributed by atoms with van der Waals surface area (Å²) < 4.78 is 5.56. The van der Waals surface area contributed by atoms with Crippen LogP contribution in [0, 0.1) is 18.8 Å². The van der Waals surface area contributed by atoms with Gasteiger partial charge in [0, 0.05) is 36.7 Å². The first-order valence-corrected chi connectivity index (χ1v) is 12.5. The zero-order valence-corrected chi connectivity index (χ0v) is 20.4. The van der Waals surface area contributed by atoms with Gasteiger partial charge in [0.1, 0.15) is 5.75 Å². The molecule has 0 saturated carbocycles. The summed E-state index contributed by atoms with van der Waals surface area (Å²) in [5.74, 6) is -0.182. The maximum atomic E-state index is 12.8. The molecule has 3 heterocycles. The van der Waals surface area contributed by atoms with Crippen LogP contribution in [0.25, 0.3) is 0 Å². The summed E-state index contributed by atoms with van der Waals surface area (Å²) >= 11 is 0. The van der Waals surface area contributed by atoms with E-state index in [1.165, 1.54) is 16.7 Å². The third-order valence-electron chi connectivity index (χ3n) is 7.88. The molecule has 0 aliphatic carbocycles. The lowest BCUT2D eigenvalue weighted by molar-refractivity contribution is -0.155. The number of fused-ring (bicyclic) bond motifs is 3. The molecule has 2 bridgehead atoms. The van der Waals surface area contributed by atoms with Crippen LogP contribution in [0.3, 0.4) is 0 Å². The molecular formula is C30H34N2O3. The first kappa shape index (κ1) is 23.6. The summed E-state index contributed by atoms with van der Waals surface area (Å²) in [6.45, 7) is 4.53. The monoisotopic (exact) mass is 470 g/mol. The number of carboxylic acid groups (broad SMARTS) is 1. The van der Waals surface area contributed by atoms with Gasteiger partial charge >= 0.3 is 5.97 Å². The zero-order chi connectivity index (χ0) is 24.4. The van der Waals surface area contributed by atoms with Gasteiger partial charge in [0.25, 0.3) is 0 Å². The fourth-order valence-corrected chi connectivity index (χ4v) is 6.33. The van der Waals surface area contributed by atoms with E-state index in [2.05, 4.69) is 77.8 Å².